The van der Waals surface area contributed by atoms with Crippen molar-refractivity contribution in [2.24, 2.45) is 0 Å². The van der Waals surface area contributed by atoms with Crippen molar-refractivity contribution in [3.05, 3.63) is 48.5 Å². The molecular weight excluding hydrogens is 283 g/mol. The van der Waals surface area contributed by atoms with Crippen LogP contribution in [0.25, 0.3) is 0 Å². The number of rotatable bonds is 0. The molecule has 0 aliphatic carbocycles. The predicted molar refractivity (Wildman–Crippen MR) is 79.2 cm³/mol. The molecule has 2 nitrogen and oxygen atoms in total. The number of benzene rings is 2. The molecule has 3 rings (SSSR count). The first-order valence-electron chi connectivity index (χ1n) is 6.32. The Labute approximate surface area is 120 Å². The molecule has 0 saturated carbocycles. The normalized spacial score (nSPS) is 13.0. The van der Waals surface area contributed by atoms with E-state index < -0.39 is 7.25 Å². The van der Waals surface area contributed by atoms with E-state index in [1.807, 2.05) is 0 Å². The van der Waals surface area contributed by atoms with Gasteiger partial charge in [-0.15, -0.1) is 0 Å². The van der Waals surface area contributed by atoms with E-state index in [-0.39, 0.29) is 0 Å². The fourth-order valence-corrected chi connectivity index (χ4v) is 2.32. The minimum atomic E-state index is -6.00. The first kappa shape index (κ1) is 15.2. The highest BCUT2D eigenvalue weighted by molar-refractivity contribution is 6.50. The lowest BCUT2D eigenvalue weighted by Crippen LogP contribution is -2.23. The molecule has 2 aromatic rings. The Morgan fingerprint density at radius 2 is 0.810 bits per heavy atom. The second-order valence-corrected chi connectivity index (χ2v) is 4.59. The average Bonchev–Trinajstić information content (AvgIpc) is 2.43. The van der Waals surface area contributed by atoms with Gasteiger partial charge in [0.15, 0.2) is 0 Å². The Bertz CT molecular complexity index is 529. The lowest BCUT2D eigenvalue weighted by Gasteiger charge is -2.36. The number of hydrogen-bond donors (Lipinski definition) is 0. The van der Waals surface area contributed by atoms with Gasteiger partial charge >= 0.3 is 7.25 Å². The molecule has 0 bridgehead atoms. The topological polar surface area (TPSA) is 6.48 Å². The quantitative estimate of drug-likeness (QED) is 0.507. The van der Waals surface area contributed by atoms with E-state index in [4.69, 9.17) is 0 Å². The predicted octanol–water partition coefficient (Wildman–Crippen LogP) is 4.84. The van der Waals surface area contributed by atoms with Gasteiger partial charge in [0.2, 0.25) is 0 Å². The summed E-state index contributed by atoms with van der Waals surface area (Å²) in [5.74, 6) is 0. The molecule has 0 fully saturated rings. The first-order valence-corrected chi connectivity index (χ1v) is 6.32. The van der Waals surface area contributed by atoms with Gasteiger partial charge in [-0.05, 0) is 24.3 Å². The van der Waals surface area contributed by atoms with E-state index in [9.17, 15) is 17.3 Å². The number of anilines is 4. The molecular formula is C14H14BF4N2-. The zero-order chi connectivity index (χ0) is 15.6. The van der Waals surface area contributed by atoms with Crippen LogP contribution in [0.1, 0.15) is 0 Å². The standard InChI is InChI=1S/C14H14N2.BF4/c1-15-11-7-3-5-9-13(11)16(2)14-10-6-4-8-12(14)15;2-1(3,4)5/h3-10H,1-2H3;/q;-1. The second-order valence-electron chi connectivity index (χ2n) is 4.59. The monoisotopic (exact) mass is 297 g/mol. The van der Waals surface area contributed by atoms with E-state index >= 15 is 0 Å². The van der Waals surface area contributed by atoms with Crippen molar-refractivity contribution in [1.82, 2.24) is 0 Å². The Morgan fingerprint density at radius 3 is 1.00 bits per heavy atom. The molecule has 0 spiro atoms. The van der Waals surface area contributed by atoms with Crippen LogP contribution < -0.4 is 9.80 Å². The summed E-state index contributed by atoms with van der Waals surface area (Å²) in [4.78, 5) is 4.48. The van der Waals surface area contributed by atoms with E-state index in [2.05, 4.69) is 72.4 Å². The molecule has 1 aliphatic heterocycles. The largest absolute Gasteiger partial charge is 0.673 e. The van der Waals surface area contributed by atoms with Crippen molar-refractivity contribution >= 4 is 30.0 Å². The van der Waals surface area contributed by atoms with Crippen molar-refractivity contribution in [3.8, 4) is 0 Å². The maximum Gasteiger partial charge on any atom is 0.673 e. The van der Waals surface area contributed by atoms with Crippen molar-refractivity contribution in [2.45, 2.75) is 0 Å². The molecule has 0 unspecified atom stereocenters. The first-order chi connectivity index (χ1) is 9.79. The highest BCUT2D eigenvalue weighted by atomic mass is 19.5. The summed E-state index contributed by atoms with van der Waals surface area (Å²) in [6.45, 7) is 0. The maximum atomic E-state index is 9.75. The van der Waals surface area contributed by atoms with Crippen molar-refractivity contribution < 1.29 is 17.3 Å². The molecule has 21 heavy (non-hydrogen) atoms. The summed E-state index contributed by atoms with van der Waals surface area (Å²) in [6, 6.07) is 16.9. The molecule has 1 aliphatic rings. The van der Waals surface area contributed by atoms with Crippen LogP contribution in [0.2, 0.25) is 0 Å². The lowest BCUT2D eigenvalue weighted by molar-refractivity contribution is 0.368. The van der Waals surface area contributed by atoms with Crippen LogP contribution in [-0.4, -0.2) is 21.3 Å². The van der Waals surface area contributed by atoms with E-state index in [1.165, 1.54) is 22.7 Å². The van der Waals surface area contributed by atoms with Crippen LogP contribution in [0, 0.1) is 0 Å². The van der Waals surface area contributed by atoms with Crippen LogP contribution >= 0.6 is 0 Å². The Kier molecular flexibility index (Phi) is 4.11. The number of fused-ring (bicyclic) bond motifs is 2. The number of halogens is 4. The van der Waals surface area contributed by atoms with Gasteiger partial charge in [0.05, 0.1) is 22.7 Å². The van der Waals surface area contributed by atoms with Gasteiger partial charge in [-0.1, -0.05) is 24.3 Å². The van der Waals surface area contributed by atoms with Crippen molar-refractivity contribution in [3.63, 3.8) is 0 Å². The average molecular weight is 297 g/mol. The SMILES string of the molecule is CN1c2ccccc2N(C)c2ccccc21.F[B-](F)(F)F. The summed E-state index contributed by atoms with van der Waals surface area (Å²) in [6.07, 6.45) is 0. The Balaban J connectivity index is 0.000000282. The Morgan fingerprint density at radius 1 is 0.619 bits per heavy atom. The Hall–Kier alpha value is -2.18. The molecule has 0 atom stereocenters. The van der Waals surface area contributed by atoms with Crippen molar-refractivity contribution in [2.75, 3.05) is 23.9 Å². The molecule has 7 heteroatoms. The molecule has 112 valence electrons. The fraction of sp³-hybridized carbons (Fsp3) is 0.143. The van der Waals surface area contributed by atoms with Crippen LogP contribution in [0.3, 0.4) is 0 Å². The molecule has 2 aromatic carbocycles. The van der Waals surface area contributed by atoms with Gasteiger partial charge in [-0.3, -0.25) is 0 Å². The summed E-state index contributed by atoms with van der Waals surface area (Å²) in [5, 5.41) is 0. The van der Waals surface area contributed by atoms with Gasteiger partial charge in [0.25, 0.3) is 0 Å². The summed E-state index contributed by atoms with van der Waals surface area (Å²) in [7, 11) is -1.77. The highest BCUT2D eigenvalue weighted by Crippen LogP contribution is 2.45. The summed E-state index contributed by atoms with van der Waals surface area (Å²) >= 11 is 0. The third-order valence-corrected chi connectivity index (χ3v) is 3.21. The molecule has 0 radical (unpaired) electrons. The lowest BCUT2D eigenvalue weighted by atomic mass is 10.1. The number of para-hydroxylation sites is 4. The van der Waals surface area contributed by atoms with Crippen LogP contribution in [0.4, 0.5) is 40.0 Å². The minimum Gasteiger partial charge on any atom is -0.418 e. The van der Waals surface area contributed by atoms with Gasteiger partial charge in [-0.2, -0.15) is 0 Å². The van der Waals surface area contributed by atoms with Crippen LogP contribution in [-0.2, 0) is 0 Å². The maximum absolute atomic E-state index is 9.75. The molecule has 0 aromatic heterocycles. The number of hydrogen-bond acceptors (Lipinski definition) is 2. The third kappa shape index (κ3) is 3.48. The van der Waals surface area contributed by atoms with Gasteiger partial charge in [0.1, 0.15) is 0 Å². The van der Waals surface area contributed by atoms with E-state index in [0.717, 1.165) is 0 Å². The van der Waals surface area contributed by atoms with E-state index in [0.29, 0.717) is 0 Å². The zero-order valence-corrected chi connectivity index (χ0v) is 11.6. The highest BCUT2D eigenvalue weighted by Gasteiger charge is 2.22. The summed E-state index contributed by atoms with van der Waals surface area (Å²) < 4.78 is 39.0. The number of nitrogens with zero attached hydrogens (tertiary/aromatic N) is 2. The fourth-order valence-electron chi connectivity index (χ4n) is 2.32. The molecule has 0 N–H and O–H groups in total. The zero-order valence-electron chi connectivity index (χ0n) is 11.6. The van der Waals surface area contributed by atoms with Crippen LogP contribution in [0.5, 0.6) is 0 Å². The van der Waals surface area contributed by atoms with Gasteiger partial charge < -0.3 is 27.1 Å². The summed E-state index contributed by atoms with van der Waals surface area (Å²) in [5.41, 5.74) is 5.01. The van der Waals surface area contributed by atoms with Crippen LogP contribution in [0.15, 0.2) is 48.5 Å². The molecule has 0 amide bonds. The smallest absolute Gasteiger partial charge is 0.418 e. The third-order valence-electron chi connectivity index (χ3n) is 3.21. The van der Waals surface area contributed by atoms with Gasteiger partial charge in [-0.25, -0.2) is 0 Å². The molecule has 0 saturated heterocycles. The second kappa shape index (κ2) is 5.67. The van der Waals surface area contributed by atoms with Crippen molar-refractivity contribution in [1.29, 1.82) is 0 Å². The molecule has 1 heterocycles. The van der Waals surface area contributed by atoms with Gasteiger partial charge in [0, 0.05) is 14.1 Å². The minimum absolute atomic E-state index is 1.25. The van der Waals surface area contributed by atoms with E-state index in [1.54, 1.807) is 0 Å².